The second-order valence-electron chi connectivity index (χ2n) is 3.93. The van der Waals surface area contributed by atoms with Gasteiger partial charge in [-0.15, -0.1) is 5.10 Å². The molecule has 0 N–H and O–H groups in total. The van der Waals surface area contributed by atoms with Gasteiger partial charge in [-0.25, -0.2) is 13.9 Å². The Hall–Kier alpha value is -2.01. The van der Waals surface area contributed by atoms with Crippen LogP contribution in [0.5, 0.6) is 0 Å². The SMILES string of the molecule is Cc1cc2nc(-c3cncc(F)c3)nn2cc1Cl. The summed E-state index contributed by atoms with van der Waals surface area (Å²) in [5, 5.41) is 4.85. The Kier molecular flexibility index (Phi) is 2.48. The number of aryl methyl sites for hydroxylation is 1. The van der Waals surface area contributed by atoms with Gasteiger partial charge in [0.05, 0.1) is 11.2 Å². The zero-order chi connectivity index (χ0) is 12.7. The summed E-state index contributed by atoms with van der Waals surface area (Å²) in [5.74, 6) is 0.00392. The van der Waals surface area contributed by atoms with Crippen LogP contribution in [0.3, 0.4) is 0 Å². The maximum absolute atomic E-state index is 13.1. The van der Waals surface area contributed by atoms with Crippen LogP contribution in [0.2, 0.25) is 5.02 Å². The third-order valence-electron chi connectivity index (χ3n) is 2.58. The molecule has 18 heavy (non-hydrogen) atoms. The molecule has 0 aliphatic rings. The van der Waals surface area contributed by atoms with Crippen molar-refractivity contribution in [2.45, 2.75) is 6.92 Å². The van der Waals surface area contributed by atoms with Crippen molar-refractivity contribution in [3.05, 3.63) is 47.1 Å². The molecular formula is C12H8ClFN4. The quantitative estimate of drug-likeness (QED) is 0.677. The standard InChI is InChI=1S/C12H8ClFN4/c1-7-2-11-16-12(17-18(11)6-10(7)13)8-3-9(14)5-15-4-8/h2-6H,1H3. The van der Waals surface area contributed by atoms with Crippen LogP contribution in [0.15, 0.2) is 30.7 Å². The minimum absolute atomic E-state index is 0.416. The van der Waals surface area contributed by atoms with Crippen LogP contribution in [-0.4, -0.2) is 19.6 Å². The van der Waals surface area contributed by atoms with E-state index in [2.05, 4.69) is 15.1 Å². The summed E-state index contributed by atoms with van der Waals surface area (Å²) in [6.07, 6.45) is 4.34. The maximum Gasteiger partial charge on any atom is 0.183 e. The molecular weight excluding hydrogens is 255 g/mol. The fourth-order valence-corrected chi connectivity index (χ4v) is 1.80. The first-order valence-electron chi connectivity index (χ1n) is 5.27. The molecule has 0 bridgehead atoms. The molecule has 0 saturated carbocycles. The van der Waals surface area contributed by atoms with Gasteiger partial charge < -0.3 is 0 Å². The molecule has 0 radical (unpaired) electrons. The molecule has 0 aromatic carbocycles. The number of halogens is 2. The highest BCUT2D eigenvalue weighted by Crippen LogP contribution is 2.20. The van der Waals surface area contributed by atoms with Gasteiger partial charge in [0, 0.05) is 18.0 Å². The van der Waals surface area contributed by atoms with Gasteiger partial charge in [0.2, 0.25) is 0 Å². The molecule has 0 saturated heterocycles. The minimum atomic E-state index is -0.416. The van der Waals surface area contributed by atoms with E-state index in [1.54, 1.807) is 10.7 Å². The number of nitrogens with zero attached hydrogens (tertiary/aromatic N) is 4. The molecule has 3 heterocycles. The van der Waals surface area contributed by atoms with Crippen molar-refractivity contribution in [1.29, 1.82) is 0 Å². The van der Waals surface area contributed by atoms with E-state index in [0.29, 0.717) is 22.1 Å². The average Bonchev–Trinajstić information content (AvgIpc) is 2.73. The molecule has 0 aliphatic carbocycles. The highest BCUT2D eigenvalue weighted by Gasteiger charge is 2.09. The maximum atomic E-state index is 13.1. The minimum Gasteiger partial charge on any atom is -0.261 e. The van der Waals surface area contributed by atoms with Crippen LogP contribution in [0.4, 0.5) is 4.39 Å². The third kappa shape index (κ3) is 1.82. The van der Waals surface area contributed by atoms with Crippen LogP contribution in [0.25, 0.3) is 17.0 Å². The van der Waals surface area contributed by atoms with Gasteiger partial charge in [-0.1, -0.05) is 11.6 Å². The second kappa shape index (κ2) is 4.03. The van der Waals surface area contributed by atoms with Crippen molar-refractivity contribution < 1.29 is 4.39 Å². The lowest BCUT2D eigenvalue weighted by atomic mass is 10.3. The van der Waals surface area contributed by atoms with E-state index in [9.17, 15) is 4.39 Å². The summed E-state index contributed by atoms with van der Waals surface area (Å²) in [6.45, 7) is 1.89. The molecule has 0 unspecified atom stereocenters. The molecule has 3 rings (SSSR count). The van der Waals surface area contributed by atoms with Crippen LogP contribution < -0.4 is 0 Å². The predicted octanol–water partition coefficient (Wildman–Crippen LogP) is 2.89. The van der Waals surface area contributed by atoms with Crippen molar-refractivity contribution in [2.24, 2.45) is 0 Å². The first-order valence-corrected chi connectivity index (χ1v) is 5.65. The van der Waals surface area contributed by atoms with Gasteiger partial charge >= 0.3 is 0 Å². The monoisotopic (exact) mass is 262 g/mol. The van der Waals surface area contributed by atoms with Gasteiger partial charge in [0.25, 0.3) is 0 Å². The third-order valence-corrected chi connectivity index (χ3v) is 2.97. The first kappa shape index (κ1) is 11.1. The molecule has 0 amide bonds. The topological polar surface area (TPSA) is 43.1 Å². The highest BCUT2D eigenvalue weighted by molar-refractivity contribution is 6.31. The van der Waals surface area contributed by atoms with Gasteiger partial charge in [0.15, 0.2) is 11.5 Å². The van der Waals surface area contributed by atoms with Gasteiger partial charge in [-0.2, -0.15) is 0 Å². The molecule has 3 aromatic heterocycles. The number of aromatic nitrogens is 4. The van der Waals surface area contributed by atoms with Crippen molar-refractivity contribution in [2.75, 3.05) is 0 Å². The number of rotatable bonds is 1. The Morgan fingerprint density at radius 3 is 2.89 bits per heavy atom. The van der Waals surface area contributed by atoms with Crippen molar-refractivity contribution in [1.82, 2.24) is 19.6 Å². The highest BCUT2D eigenvalue weighted by atomic mass is 35.5. The Morgan fingerprint density at radius 1 is 1.28 bits per heavy atom. The molecule has 0 fully saturated rings. The summed E-state index contributed by atoms with van der Waals surface area (Å²) >= 11 is 6.01. The number of pyridine rings is 2. The van der Waals surface area contributed by atoms with Gasteiger partial charge in [-0.05, 0) is 24.6 Å². The lowest BCUT2D eigenvalue weighted by molar-refractivity contribution is 0.622. The summed E-state index contributed by atoms with van der Waals surface area (Å²) in [5.41, 5.74) is 2.11. The zero-order valence-electron chi connectivity index (χ0n) is 9.43. The predicted molar refractivity (Wildman–Crippen MR) is 65.9 cm³/mol. The fourth-order valence-electron chi connectivity index (χ4n) is 1.66. The summed E-state index contributed by atoms with van der Waals surface area (Å²) in [6, 6.07) is 3.17. The van der Waals surface area contributed by atoms with Crippen LogP contribution in [-0.2, 0) is 0 Å². The smallest absolute Gasteiger partial charge is 0.183 e. The van der Waals surface area contributed by atoms with E-state index >= 15 is 0 Å². The van der Waals surface area contributed by atoms with E-state index in [0.717, 1.165) is 11.8 Å². The molecule has 0 atom stereocenters. The summed E-state index contributed by atoms with van der Waals surface area (Å²) in [4.78, 5) is 8.09. The van der Waals surface area contributed by atoms with E-state index in [1.165, 1.54) is 12.3 Å². The summed E-state index contributed by atoms with van der Waals surface area (Å²) in [7, 11) is 0. The Bertz CT molecular complexity index is 699. The average molecular weight is 263 g/mol. The number of fused-ring (bicyclic) bond motifs is 1. The lowest BCUT2D eigenvalue weighted by Gasteiger charge is -1.96. The molecule has 3 aromatic rings. The molecule has 0 aliphatic heterocycles. The second-order valence-corrected chi connectivity index (χ2v) is 4.34. The van der Waals surface area contributed by atoms with Crippen LogP contribution in [0, 0.1) is 12.7 Å². The van der Waals surface area contributed by atoms with Crippen LogP contribution in [0.1, 0.15) is 5.56 Å². The normalized spacial score (nSPS) is 11.1. The fraction of sp³-hybridized carbons (Fsp3) is 0.0833. The van der Waals surface area contributed by atoms with Crippen molar-refractivity contribution in [3.63, 3.8) is 0 Å². The van der Waals surface area contributed by atoms with Gasteiger partial charge in [-0.3, -0.25) is 4.98 Å². The molecule has 0 spiro atoms. The van der Waals surface area contributed by atoms with E-state index < -0.39 is 5.82 Å². The molecule has 4 nitrogen and oxygen atoms in total. The lowest BCUT2D eigenvalue weighted by Crippen LogP contribution is -1.89. The Balaban J connectivity index is 2.19. The molecule has 6 heteroatoms. The number of hydrogen-bond acceptors (Lipinski definition) is 3. The van der Waals surface area contributed by atoms with E-state index in [-0.39, 0.29) is 0 Å². The largest absolute Gasteiger partial charge is 0.261 e. The summed E-state index contributed by atoms with van der Waals surface area (Å²) < 4.78 is 14.7. The Morgan fingerprint density at radius 2 is 2.11 bits per heavy atom. The Labute approximate surface area is 107 Å². The van der Waals surface area contributed by atoms with Gasteiger partial charge in [0.1, 0.15) is 5.82 Å². The zero-order valence-corrected chi connectivity index (χ0v) is 10.2. The molecule has 90 valence electrons. The van der Waals surface area contributed by atoms with Crippen molar-refractivity contribution >= 4 is 17.2 Å². The van der Waals surface area contributed by atoms with Crippen LogP contribution >= 0.6 is 11.6 Å². The van der Waals surface area contributed by atoms with E-state index in [1.807, 2.05) is 13.0 Å². The number of hydrogen-bond donors (Lipinski definition) is 0. The first-order chi connectivity index (χ1) is 8.63. The van der Waals surface area contributed by atoms with Crippen molar-refractivity contribution in [3.8, 4) is 11.4 Å². The van der Waals surface area contributed by atoms with E-state index in [4.69, 9.17) is 11.6 Å².